The van der Waals surface area contributed by atoms with Crippen molar-refractivity contribution in [1.82, 2.24) is 0 Å². The Labute approximate surface area is 70.6 Å². The van der Waals surface area contributed by atoms with E-state index in [0.29, 0.717) is 4.47 Å². The fraction of sp³-hybridized carbons (Fsp3) is 0.167. The van der Waals surface area contributed by atoms with E-state index in [4.69, 9.17) is 14.6 Å². The van der Waals surface area contributed by atoms with Gasteiger partial charge in [0.25, 0.3) is 0 Å². The molecule has 0 fully saturated rings. The Morgan fingerprint density at radius 2 is 2.36 bits per heavy atom. The van der Waals surface area contributed by atoms with Crippen molar-refractivity contribution in [3.05, 3.63) is 22.6 Å². The summed E-state index contributed by atoms with van der Waals surface area (Å²) in [5, 5.41) is 17.2. The van der Waals surface area contributed by atoms with Crippen molar-refractivity contribution in [2.24, 2.45) is 0 Å². The highest BCUT2D eigenvalue weighted by Crippen LogP contribution is 2.20. The second-order valence-electron chi connectivity index (χ2n) is 1.91. The molecule has 1 aromatic heterocycles. The molecule has 2 N–H and O–H groups in total. The zero-order valence-corrected chi connectivity index (χ0v) is 6.91. The summed E-state index contributed by atoms with van der Waals surface area (Å²) in [4.78, 5) is 10.2. The summed E-state index contributed by atoms with van der Waals surface area (Å²) in [6.07, 6.45) is -0.275. The number of hydrogen-bond acceptors (Lipinski definition) is 3. The van der Waals surface area contributed by atoms with Gasteiger partial charge in [0.2, 0.25) is 6.10 Å². The maximum absolute atomic E-state index is 10.2. The minimum atomic E-state index is -1.58. The summed E-state index contributed by atoms with van der Waals surface area (Å²) >= 11 is 3.05. The number of hydrogen-bond donors (Lipinski definition) is 2. The molecule has 0 aliphatic heterocycles. The zero-order valence-electron chi connectivity index (χ0n) is 5.32. The second kappa shape index (κ2) is 3.06. The number of aliphatic carboxylic acids is 1. The first-order valence-electron chi connectivity index (χ1n) is 2.76. The van der Waals surface area contributed by atoms with Gasteiger partial charge in [-0.25, -0.2) is 4.79 Å². The van der Waals surface area contributed by atoms with Gasteiger partial charge in [0, 0.05) is 0 Å². The Hall–Kier alpha value is -0.810. The third-order valence-corrected chi connectivity index (χ3v) is 1.51. The van der Waals surface area contributed by atoms with Crippen LogP contribution in [0.25, 0.3) is 0 Å². The lowest BCUT2D eigenvalue weighted by molar-refractivity contribution is -0.147. The standard InChI is InChI=1S/C6H5BrO4/c7-3-1-4(11-2-3)5(8)6(9)10/h1-2,5,8H,(H,9,10). The average Bonchev–Trinajstić information content (AvgIpc) is 2.34. The number of halogens is 1. The first-order chi connectivity index (χ1) is 5.11. The van der Waals surface area contributed by atoms with Crippen LogP contribution in [0.3, 0.4) is 0 Å². The van der Waals surface area contributed by atoms with Crippen LogP contribution in [0.15, 0.2) is 21.2 Å². The van der Waals surface area contributed by atoms with Crippen LogP contribution in [0.2, 0.25) is 0 Å². The fourth-order valence-corrected chi connectivity index (χ4v) is 0.912. The third kappa shape index (κ3) is 1.81. The molecule has 0 aromatic carbocycles. The van der Waals surface area contributed by atoms with Crippen LogP contribution in [-0.4, -0.2) is 16.2 Å². The molecule has 5 heteroatoms. The van der Waals surface area contributed by atoms with Gasteiger partial charge in [-0.05, 0) is 22.0 Å². The monoisotopic (exact) mass is 220 g/mol. The van der Waals surface area contributed by atoms with E-state index in [1.165, 1.54) is 12.3 Å². The summed E-state index contributed by atoms with van der Waals surface area (Å²) < 4.78 is 5.31. The molecule has 0 aliphatic carbocycles. The lowest BCUT2D eigenvalue weighted by Crippen LogP contribution is -2.08. The van der Waals surface area contributed by atoms with Crippen molar-refractivity contribution in [2.45, 2.75) is 6.10 Å². The van der Waals surface area contributed by atoms with E-state index in [-0.39, 0.29) is 5.76 Å². The van der Waals surface area contributed by atoms with Crippen molar-refractivity contribution >= 4 is 21.9 Å². The van der Waals surface area contributed by atoms with Gasteiger partial charge in [0.15, 0.2) is 0 Å². The maximum atomic E-state index is 10.2. The SMILES string of the molecule is O=C(O)C(O)c1cc(Br)co1. The van der Waals surface area contributed by atoms with Gasteiger partial charge in [-0.2, -0.15) is 0 Å². The van der Waals surface area contributed by atoms with Gasteiger partial charge in [-0.3, -0.25) is 0 Å². The summed E-state index contributed by atoms with van der Waals surface area (Å²) in [6, 6.07) is 1.40. The predicted molar refractivity (Wildman–Crippen MR) is 39.0 cm³/mol. The summed E-state index contributed by atoms with van der Waals surface area (Å²) in [5.41, 5.74) is 0. The first kappa shape index (κ1) is 8.29. The van der Waals surface area contributed by atoms with E-state index in [1.54, 1.807) is 0 Å². The highest BCUT2D eigenvalue weighted by atomic mass is 79.9. The normalized spacial score (nSPS) is 12.9. The van der Waals surface area contributed by atoms with Crippen molar-refractivity contribution in [1.29, 1.82) is 0 Å². The molecule has 1 atom stereocenters. The average molecular weight is 221 g/mol. The molecule has 0 radical (unpaired) electrons. The molecule has 1 aromatic rings. The lowest BCUT2D eigenvalue weighted by atomic mass is 10.3. The molecule has 11 heavy (non-hydrogen) atoms. The Kier molecular flexibility index (Phi) is 2.31. The van der Waals surface area contributed by atoms with Crippen LogP contribution >= 0.6 is 15.9 Å². The molecule has 0 amide bonds. The molecule has 0 spiro atoms. The van der Waals surface area contributed by atoms with Crippen molar-refractivity contribution in [3.8, 4) is 0 Å². The van der Waals surface area contributed by atoms with Gasteiger partial charge < -0.3 is 14.6 Å². The molecule has 4 nitrogen and oxygen atoms in total. The lowest BCUT2D eigenvalue weighted by Gasteiger charge is -1.98. The highest BCUT2D eigenvalue weighted by Gasteiger charge is 2.19. The number of carboxylic acid groups (broad SMARTS) is 1. The molecule has 0 saturated carbocycles. The van der Waals surface area contributed by atoms with E-state index in [1.807, 2.05) is 0 Å². The Morgan fingerprint density at radius 3 is 2.73 bits per heavy atom. The number of aliphatic hydroxyl groups excluding tert-OH is 1. The first-order valence-corrected chi connectivity index (χ1v) is 3.55. The van der Waals surface area contributed by atoms with Crippen LogP contribution in [0, 0.1) is 0 Å². The molecule has 0 bridgehead atoms. The summed E-state index contributed by atoms with van der Waals surface area (Å²) in [5.74, 6) is -1.31. The van der Waals surface area contributed by atoms with Gasteiger partial charge in [-0.1, -0.05) is 0 Å². The number of rotatable bonds is 2. The van der Waals surface area contributed by atoms with E-state index in [9.17, 15) is 4.79 Å². The van der Waals surface area contributed by atoms with Crippen LogP contribution in [-0.2, 0) is 4.79 Å². The van der Waals surface area contributed by atoms with Crippen LogP contribution in [0.4, 0.5) is 0 Å². The highest BCUT2D eigenvalue weighted by molar-refractivity contribution is 9.10. The van der Waals surface area contributed by atoms with Crippen LogP contribution < -0.4 is 0 Å². The van der Waals surface area contributed by atoms with E-state index in [2.05, 4.69) is 15.9 Å². The van der Waals surface area contributed by atoms with Crippen LogP contribution in [0.1, 0.15) is 11.9 Å². The third-order valence-electron chi connectivity index (χ3n) is 1.09. The minimum Gasteiger partial charge on any atom is -0.479 e. The largest absolute Gasteiger partial charge is 0.479 e. The Morgan fingerprint density at radius 1 is 1.73 bits per heavy atom. The van der Waals surface area contributed by atoms with Crippen molar-refractivity contribution in [3.63, 3.8) is 0 Å². The molecule has 1 rings (SSSR count). The van der Waals surface area contributed by atoms with Gasteiger partial charge in [0.1, 0.15) is 12.0 Å². The number of aliphatic hydroxyl groups is 1. The minimum absolute atomic E-state index is 0.0179. The molecule has 1 unspecified atom stereocenters. The van der Waals surface area contributed by atoms with E-state index < -0.39 is 12.1 Å². The Bertz CT molecular complexity index is 267. The van der Waals surface area contributed by atoms with E-state index in [0.717, 1.165) is 0 Å². The zero-order chi connectivity index (χ0) is 8.43. The quantitative estimate of drug-likeness (QED) is 0.785. The molecular formula is C6H5BrO4. The second-order valence-corrected chi connectivity index (χ2v) is 2.82. The Balaban J connectivity index is 2.84. The summed E-state index contributed by atoms with van der Waals surface area (Å²) in [6.45, 7) is 0. The molecular weight excluding hydrogens is 216 g/mol. The topological polar surface area (TPSA) is 70.7 Å². The van der Waals surface area contributed by atoms with E-state index >= 15 is 0 Å². The number of carboxylic acids is 1. The molecule has 60 valence electrons. The van der Waals surface area contributed by atoms with Gasteiger partial charge in [0.05, 0.1) is 4.47 Å². The van der Waals surface area contributed by atoms with Crippen molar-refractivity contribution in [2.75, 3.05) is 0 Å². The van der Waals surface area contributed by atoms with Crippen molar-refractivity contribution < 1.29 is 19.4 Å². The maximum Gasteiger partial charge on any atom is 0.340 e. The van der Waals surface area contributed by atoms with Gasteiger partial charge >= 0.3 is 5.97 Å². The fourth-order valence-electron chi connectivity index (χ4n) is 0.593. The predicted octanol–water partition coefficient (Wildman–Crippen LogP) is 1.16. The summed E-state index contributed by atoms with van der Waals surface area (Å²) in [7, 11) is 0. The number of carbonyl (C=O) groups is 1. The molecule has 0 saturated heterocycles. The van der Waals surface area contributed by atoms with Gasteiger partial charge in [-0.15, -0.1) is 0 Å². The van der Waals surface area contributed by atoms with Crippen LogP contribution in [0.5, 0.6) is 0 Å². The molecule has 0 aliphatic rings. The number of furan rings is 1. The smallest absolute Gasteiger partial charge is 0.340 e. The molecule has 1 heterocycles.